The van der Waals surface area contributed by atoms with E-state index in [1.54, 1.807) is 19.3 Å². The lowest BCUT2D eigenvalue weighted by Crippen LogP contribution is -2.44. The van der Waals surface area contributed by atoms with E-state index in [9.17, 15) is 4.79 Å². The minimum absolute atomic E-state index is 0.0377. The molecule has 1 fully saturated rings. The number of nitrogen functional groups attached to an aromatic ring is 1. The van der Waals surface area contributed by atoms with Gasteiger partial charge < -0.3 is 16.0 Å². The van der Waals surface area contributed by atoms with Crippen molar-refractivity contribution in [1.29, 1.82) is 0 Å². The normalized spacial score (nSPS) is 16.9. The van der Waals surface area contributed by atoms with Crippen LogP contribution in [0.25, 0.3) is 0 Å². The highest BCUT2D eigenvalue weighted by Gasteiger charge is 2.20. The Kier molecular flexibility index (Phi) is 3.41. The van der Waals surface area contributed by atoms with E-state index in [1.807, 2.05) is 0 Å². The molecule has 1 amide bonds. The van der Waals surface area contributed by atoms with Crippen LogP contribution in [0.2, 0.25) is 0 Å². The molecule has 17 heavy (non-hydrogen) atoms. The average molecular weight is 235 g/mol. The van der Waals surface area contributed by atoms with Crippen molar-refractivity contribution in [2.24, 2.45) is 0 Å². The summed E-state index contributed by atoms with van der Waals surface area (Å²) in [6.07, 6.45) is 5.13. The van der Waals surface area contributed by atoms with Gasteiger partial charge in [-0.15, -0.1) is 0 Å². The molecule has 0 spiro atoms. The van der Waals surface area contributed by atoms with Gasteiger partial charge in [-0.2, -0.15) is 0 Å². The summed E-state index contributed by atoms with van der Waals surface area (Å²) in [5, 5.41) is 2.94. The maximum atomic E-state index is 10.9. The van der Waals surface area contributed by atoms with E-state index >= 15 is 0 Å². The van der Waals surface area contributed by atoms with Crippen LogP contribution in [0.15, 0.2) is 12.4 Å². The second-order valence-corrected chi connectivity index (χ2v) is 4.26. The van der Waals surface area contributed by atoms with Crippen molar-refractivity contribution in [2.75, 3.05) is 23.7 Å². The number of nitrogens with two attached hydrogens (primary N) is 1. The Balaban J connectivity index is 1.90. The van der Waals surface area contributed by atoms with Crippen LogP contribution in [-0.4, -0.2) is 35.0 Å². The maximum Gasteiger partial charge on any atom is 0.217 e. The molecule has 2 rings (SSSR count). The van der Waals surface area contributed by atoms with E-state index in [2.05, 4.69) is 20.2 Å². The van der Waals surface area contributed by atoms with Crippen molar-refractivity contribution < 1.29 is 4.79 Å². The van der Waals surface area contributed by atoms with E-state index in [1.165, 1.54) is 0 Å². The quantitative estimate of drug-likeness (QED) is 0.763. The summed E-state index contributed by atoms with van der Waals surface area (Å²) in [6.45, 7) is 3.31. The number of nitrogens with zero attached hydrogens (tertiary/aromatic N) is 3. The number of hydrogen-bond acceptors (Lipinski definition) is 5. The molecular weight excluding hydrogens is 218 g/mol. The first-order chi connectivity index (χ1) is 8.15. The number of aromatic nitrogens is 2. The summed E-state index contributed by atoms with van der Waals surface area (Å²) < 4.78 is 0. The number of anilines is 2. The molecule has 0 saturated carbocycles. The fourth-order valence-corrected chi connectivity index (χ4v) is 2.03. The number of amides is 1. The Bertz CT molecular complexity index is 383. The predicted molar refractivity (Wildman–Crippen MR) is 65.5 cm³/mol. The number of carbonyl (C=O) groups excluding carboxylic acids is 1. The highest BCUT2D eigenvalue weighted by atomic mass is 16.1. The van der Waals surface area contributed by atoms with Gasteiger partial charge in [-0.25, -0.2) is 9.97 Å². The predicted octanol–water partition coefficient (Wildman–Crippen LogP) is 0.164. The van der Waals surface area contributed by atoms with Crippen molar-refractivity contribution in [2.45, 2.75) is 25.8 Å². The first kappa shape index (κ1) is 11.6. The van der Waals surface area contributed by atoms with Crippen LogP contribution in [0, 0.1) is 0 Å². The smallest absolute Gasteiger partial charge is 0.217 e. The number of carbonyl (C=O) groups is 1. The summed E-state index contributed by atoms with van der Waals surface area (Å²) in [5.41, 5.74) is 5.49. The van der Waals surface area contributed by atoms with Gasteiger partial charge in [-0.1, -0.05) is 0 Å². The average Bonchev–Trinajstić information content (AvgIpc) is 2.30. The number of rotatable bonds is 2. The first-order valence-electron chi connectivity index (χ1n) is 5.74. The molecule has 1 aliphatic heterocycles. The third-order valence-corrected chi connectivity index (χ3v) is 2.88. The zero-order valence-electron chi connectivity index (χ0n) is 9.89. The number of nitrogens with one attached hydrogen (secondary N) is 1. The molecule has 1 aromatic rings. The molecule has 1 aromatic heterocycles. The molecule has 3 N–H and O–H groups in total. The van der Waals surface area contributed by atoms with Crippen LogP contribution in [0.3, 0.4) is 0 Å². The molecule has 2 heterocycles. The highest BCUT2D eigenvalue weighted by molar-refractivity contribution is 5.73. The molecule has 0 atom stereocenters. The molecule has 0 unspecified atom stereocenters. The Morgan fingerprint density at radius 2 is 2.12 bits per heavy atom. The molecule has 6 heteroatoms. The molecule has 0 radical (unpaired) electrons. The lowest BCUT2D eigenvalue weighted by Gasteiger charge is -2.32. The number of hydrogen-bond donors (Lipinski definition) is 2. The lowest BCUT2D eigenvalue weighted by molar-refractivity contribution is -0.119. The maximum absolute atomic E-state index is 10.9. The summed E-state index contributed by atoms with van der Waals surface area (Å²) in [4.78, 5) is 21.4. The third-order valence-electron chi connectivity index (χ3n) is 2.88. The second-order valence-electron chi connectivity index (χ2n) is 4.26. The molecule has 92 valence electrons. The standard InChI is InChI=1S/C11H17N5O/c1-8(17)15-9-2-4-16(5-3-9)11-7-13-10(12)6-14-11/h6-7,9H,2-5H2,1H3,(H2,12,13)(H,15,17). The monoisotopic (exact) mass is 235 g/mol. The van der Waals surface area contributed by atoms with Gasteiger partial charge in [0.05, 0.1) is 12.4 Å². The molecule has 0 bridgehead atoms. The van der Waals surface area contributed by atoms with Crippen LogP contribution in [0.5, 0.6) is 0 Å². The highest BCUT2D eigenvalue weighted by Crippen LogP contribution is 2.17. The van der Waals surface area contributed by atoms with Gasteiger partial charge in [-0.05, 0) is 12.8 Å². The van der Waals surface area contributed by atoms with Gasteiger partial charge >= 0.3 is 0 Å². The van der Waals surface area contributed by atoms with E-state index in [0.29, 0.717) is 5.82 Å². The molecule has 0 aliphatic carbocycles. The van der Waals surface area contributed by atoms with Gasteiger partial charge in [0.25, 0.3) is 0 Å². The van der Waals surface area contributed by atoms with Crippen LogP contribution >= 0.6 is 0 Å². The van der Waals surface area contributed by atoms with E-state index < -0.39 is 0 Å². The van der Waals surface area contributed by atoms with Crippen LogP contribution in [0.4, 0.5) is 11.6 Å². The van der Waals surface area contributed by atoms with E-state index in [-0.39, 0.29) is 11.9 Å². The summed E-state index contributed by atoms with van der Waals surface area (Å²) in [7, 11) is 0. The Morgan fingerprint density at radius 3 is 2.65 bits per heavy atom. The summed E-state index contributed by atoms with van der Waals surface area (Å²) in [5.74, 6) is 1.32. The molecule has 6 nitrogen and oxygen atoms in total. The van der Waals surface area contributed by atoms with Crippen molar-refractivity contribution in [1.82, 2.24) is 15.3 Å². The molecule has 1 aliphatic rings. The summed E-state index contributed by atoms with van der Waals surface area (Å²) in [6, 6.07) is 0.283. The van der Waals surface area contributed by atoms with Crippen LogP contribution < -0.4 is 16.0 Å². The third kappa shape index (κ3) is 3.05. The largest absolute Gasteiger partial charge is 0.382 e. The number of piperidine rings is 1. The zero-order valence-corrected chi connectivity index (χ0v) is 9.89. The topological polar surface area (TPSA) is 84.1 Å². The van der Waals surface area contributed by atoms with Crippen LogP contribution in [0.1, 0.15) is 19.8 Å². The first-order valence-corrected chi connectivity index (χ1v) is 5.74. The van der Waals surface area contributed by atoms with Crippen molar-refractivity contribution >= 4 is 17.5 Å². The van der Waals surface area contributed by atoms with Gasteiger partial charge in [-0.3, -0.25) is 4.79 Å². The van der Waals surface area contributed by atoms with Crippen molar-refractivity contribution in [3.8, 4) is 0 Å². The molecule has 1 saturated heterocycles. The van der Waals surface area contributed by atoms with Gasteiger partial charge in [0.1, 0.15) is 11.6 Å². The van der Waals surface area contributed by atoms with Crippen LogP contribution in [-0.2, 0) is 4.79 Å². The molecule has 0 aromatic carbocycles. The lowest BCUT2D eigenvalue weighted by atomic mass is 10.1. The van der Waals surface area contributed by atoms with Crippen molar-refractivity contribution in [3.05, 3.63) is 12.4 Å². The van der Waals surface area contributed by atoms with Crippen molar-refractivity contribution in [3.63, 3.8) is 0 Å². The zero-order chi connectivity index (χ0) is 12.3. The fourth-order valence-electron chi connectivity index (χ4n) is 2.03. The van der Waals surface area contributed by atoms with E-state index in [4.69, 9.17) is 5.73 Å². The summed E-state index contributed by atoms with van der Waals surface area (Å²) >= 11 is 0. The van der Waals surface area contributed by atoms with Gasteiger partial charge in [0.15, 0.2) is 0 Å². The molecular formula is C11H17N5O. The minimum atomic E-state index is 0.0377. The fraction of sp³-hybridized carbons (Fsp3) is 0.545. The van der Waals surface area contributed by atoms with Gasteiger partial charge in [0.2, 0.25) is 5.91 Å². The Hall–Kier alpha value is -1.85. The minimum Gasteiger partial charge on any atom is -0.382 e. The van der Waals surface area contributed by atoms with E-state index in [0.717, 1.165) is 31.7 Å². The Morgan fingerprint density at radius 1 is 1.41 bits per heavy atom. The second kappa shape index (κ2) is 4.99. The SMILES string of the molecule is CC(=O)NC1CCN(c2cnc(N)cn2)CC1. The Labute approximate surface area is 100 Å². The van der Waals surface area contributed by atoms with Gasteiger partial charge in [0, 0.05) is 26.1 Å².